The summed E-state index contributed by atoms with van der Waals surface area (Å²) >= 11 is 1.61. The predicted octanol–water partition coefficient (Wildman–Crippen LogP) is 1.58. The summed E-state index contributed by atoms with van der Waals surface area (Å²) in [5.41, 5.74) is 0. The van der Waals surface area contributed by atoms with Gasteiger partial charge in [0.25, 0.3) is 0 Å². The molecule has 110 valence electrons. The van der Waals surface area contributed by atoms with Gasteiger partial charge in [-0.3, -0.25) is 14.5 Å². The summed E-state index contributed by atoms with van der Waals surface area (Å²) < 4.78 is 0. The first-order chi connectivity index (χ1) is 9.47. The second-order valence-electron chi connectivity index (χ2n) is 5.42. The van der Waals surface area contributed by atoms with Gasteiger partial charge in [0.15, 0.2) is 0 Å². The summed E-state index contributed by atoms with van der Waals surface area (Å²) in [4.78, 5) is 26.1. The molecule has 1 aliphatic heterocycles. The van der Waals surface area contributed by atoms with E-state index in [0.29, 0.717) is 13.1 Å². The highest BCUT2D eigenvalue weighted by atomic mass is 32.1. The SMILES string of the molecule is CC(NC(=O)CN1C[C@@H](C)[C@H](C(=O)O)C1)c1cccs1. The minimum absolute atomic E-state index is 0.00204. The van der Waals surface area contributed by atoms with E-state index in [2.05, 4.69) is 5.32 Å². The van der Waals surface area contributed by atoms with E-state index in [4.69, 9.17) is 5.11 Å². The van der Waals surface area contributed by atoms with Gasteiger partial charge in [0, 0.05) is 18.0 Å². The molecule has 0 radical (unpaired) electrons. The van der Waals surface area contributed by atoms with E-state index in [1.807, 2.05) is 36.3 Å². The Bertz CT molecular complexity index is 475. The fraction of sp³-hybridized carbons (Fsp3) is 0.571. The number of carboxylic acids is 1. The number of carbonyl (C=O) groups is 2. The number of amides is 1. The summed E-state index contributed by atoms with van der Waals surface area (Å²) in [5.74, 6) is -1.09. The summed E-state index contributed by atoms with van der Waals surface area (Å²) in [6.45, 7) is 5.26. The second-order valence-corrected chi connectivity index (χ2v) is 6.40. The fourth-order valence-electron chi connectivity index (χ4n) is 2.62. The largest absolute Gasteiger partial charge is 0.481 e. The number of nitrogens with zero attached hydrogens (tertiary/aromatic N) is 1. The molecule has 20 heavy (non-hydrogen) atoms. The van der Waals surface area contributed by atoms with Crippen molar-refractivity contribution in [1.82, 2.24) is 10.2 Å². The van der Waals surface area contributed by atoms with Crippen LogP contribution in [0, 0.1) is 11.8 Å². The van der Waals surface area contributed by atoms with E-state index in [0.717, 1.165) is 4.88 Å². The zero-order valence-electron chi connectivity index (χ0n) is 11.7. The monoisotopic (exact) mass is 296 g/mol. The van der Waals surface area contributed by atoms with Crippen LogP contribution in [0.15, 0.2) is 17.5 Å². The Morgan fingerprint density at radius 3 is 2.85 bits per heavy atom. The van der Waals surface area contributed by atoms with Crippen molar-refractivity contribution in [3.05, 3.63) is 22.4 Å². The first-order valence-corrected chi connectivity index (χ1v) is 7.63. The molecule has 1 fully saturated rings. The van der Waals surface area contributed by atoms with Gasteiger partial charge in [-0.05, 0) is 24.3 Å². The number of carboxylic acid groups (broad SMARTS) is 1. The minimum Gasteiger partial charge on any atom is -0.481 e. The van der Waals surface area contributed by atoms with Crippen molar-refractivity contribution >= 4 is 23.2 Å². The molecular formula is C14H20N2O3S. The maximum atomic E-state index is 12.0. The molecule has 0 aromatic carbocycles. The molecule has 3 atom stereocenters. The minimum atomic E-state index is -0.771. The Hall–Kier alpha value is -1.40. The molecule has 0 aliphatic carbocycles. The predicted molar refractivity (Wildman–Crippen MR) is 77.6 cm³/mol. The van der Waals surface area contributed by atoms with Crippen LogP contribution in [0.1, 0.15) is 24.8 Å². The van der Waals surface area contributed by atoms with Gasteiger partial charge < -0.3 is 10.4 Å². The van der Waals surface area contributed by atoms with E-state index in [1.54, 1.807) is 11.3 Å². The molecule has 0 spiro atoms. The fourth-order valence-corrected chi connectivity index (χ4v) is 3.35. The maximum absolute atomic E-state index is 12.0. The van der Waals surface area contributed by atoms with Crippen LogP contribution in [0.25, 0.3) is 0 Å². The molecule has 2 N–H and O–H groups in total. The highest BCUT2D eigenvalue weighted by Gasteiger charge is 2.35. The molecule has 0 bridgehead atoms. The van der Waals surface area contributed by atoms with E-state index in [-0.39, 0.29) is 30.3 Å². The Balaban J connectivity index is 1.82. The molecule has 1 saturated heterocycles. The standard InChI is InChI=1S/C14H20N2O3S/c1-9-6-16(7-11(9)14(18)19)8-13(17)15-10(2)12-4-3-5-20-12/h3-5,9-11H,6-8H2,1-2H3,(H,15,17)(H,18,19)/t9-,10?,11-/m1/s1. The molecular weight excluding hydrogens is 276 g/mol. The highest BCUT2D eigenvalue weighted by Crippen LogP contribution is 2.23. The molecule has 2 rings (SSSR count). The topological polar surface area (TPSA) is 69.6 Å². The number of likely N-dealkylation sites (tertiary alicyclic amines) is 1. The van der Waals surface area contributed by atoms with Crippen LogP contribution < -0.4 is 5.32 Å². The maximum Gasteiger partial charge on any atom is 0.308 e. The molecule has 1 aromatic rings. The van der Waals surface area contributed by atoms with Crippen molar-refractivity contribution in [2.45, 2.75) is 19.9 Å². The Morgan fingerprint density at radius 2 is 2.30 bits per heavy atom. The van der Waals surface area contributed by atoms with Crippen molar-refractivity contribution in [1.29, 1.82) is 0 Å². The molecule has 2 heterocycles. The molecule has 1 amide bonds. The van der Waals surface area contributed by atoms with Gasteiger partial charge in [0.05, 0.1) is 18.5 Å². The van der Waals surface area contributed by atoms with Gasteiger partial charge in [0.1, 0.15) is 0 Å². The van der Waals surface area contributed by atoms with Gasteiger partial charge in [-0.2, -0.15) is 0 Å². The van der Waals surface area contributed by atoms with Crippen molar-refractivity contribution in [2.24, 2.45) is 11.8 Å². The molecule has 5 nitrogen and oxygen atoms in total. The van der Waals surface area contributed by atoms with Gasteiger partial charge in [0.2, 0.25) is 5.91 Å². The van der Waals surface area contributed by atoms with Crippen LogP contribution in [0.2, 0.25) is 0 Å². The smallest absolute Gasteiger partial charge is 0.308 e. The quantitative estimate of drug-likeness (QED) is 0.865. The van der Waals surface area contributed by atoms with Crippen molar-refractivity contribution in [3.63, 3.8) is 0 Å². The van der Waals surface area contributed by atoms with E-state index >= 15 is 0 Å². The van der Waals surface area contributed by atoms with Crippen molar-refractivity contribution in [2.75, 3.05) is 19.6 Å². The number of rotatable bonds is 5. The molecule has 6 heteroatoms. The normalized spacial score (nSPS) is 24.5. The summed E-state index contributed by atoms with van der Waals surface area (Å²) in [6.07, 6.45) is 0. The summed E-state index contributed by atoms with van der Waals surface area (Å²) in [5, 5.41) is 14.0. The van der Waals surface area contributed by atoms with Gasteiger partial charge >= 0.3 is 5.97 Å². The lowest BCUT2D eigenvalue weighted by atomic mass is 9.99. The molecule has 1 aliphatic rings. The summed E-state index contributed by atoms with van der Waals surface area (Å²) in [7, 11) is 0. The number of hydrogen-bond acceptors (Lipinski definition) is 4. The first-order valence-electron chi connectivity index (χ1n) is 6.75. The second kappa shape index (κ2) is 6.37. The molecule has 1 unspecified atom stereocenters. The average molecular weight is 296 g/mol. The number of thiophene rings is 1. The zero-order chi connectivity index (χ0) is 14.7. The van der Waals surface area contributed by atoms with E-state index < -0.39 is 5.97 Å². The summed E-state index contributed by atoms with van der Waals surface area (Å²) in [6, 6.07) is 3.95. The number of hydrogen-bond donors (Lipinski definition) is 2. The van der Waals surface area contributed by atoms with Gasteiger partial charge in [-0.1, -0.05) is 13.0 Å². The number of aliphatic carboxylic acids is 1. The zero-order valence-corrected chi connectivity index (χ0v) is 12.5. The van der Waals surface area contributed by atoms with Crippen LogP contribution in [-0.2, 0) is 9.59 Å². The Labute approximate surface area is 122 Å². The third kappa shape index (κ3) is 3.58. The Morgan fingerprint density at radius 1 is 1.55 bits per heavy atom. The van der Waals surface area contributed by atoms with Crippen LogP contribution in [0.4, 0.5) is 0 Å². The van der Waals surface area contributed by atoms with Crippen LogP contribution in [0.3, 0.4) is 0 Å². The number of nitrogens with one attached hydrogen (secondary N) is 1. The van der Waals surface area contributed by atoms with Crippen LogP contribution in [-0.4, -0.2) is 41.5 Å². The first kappa shape index (κ1) is 15.0. The van der Waals surface area contributed by atoms with Crippen LogP contribution >= 0.6 is 11.3 Å². The number of carbonyl (C=O) groups excluding carboxylic acids is 1. The third-order valence-electron chi connectivity index (χ3n) is 3.72. The van der Waals surface area contributed by atoms with E-state index in [1.165, 1.54) is 0 Å². The average Bonchev–Trinajstić information content (AvgIpc) is 2.98. The van der Waals surface area contributed by atoms with Crippen molar-refractivity contribution < 1.29 is 14.7 Å². The molecule has 0 saturated carbocycles. The van der Waals surface area contributed by atoms with E-state index in [9.17, 15) is 9.59 Å². The van der Waals surface area contributed by atoms with Crippen molar-refractivity contribution in [3.8, 4) is 0 Å². The molecule has 1 aromatic heterocycles. The third-order valence-corrected chi connectivity index (χ3v) is 4.77. The van der Waals surface area contributed by atoms with Crippen LogP contribution in [0.5, 0.6) is 0 Å². The van der Waals surface area contributed by atoms with Gasteiger partial charge in [-0.15, -0.1) is 11.3 Å². The lowest BCUT2D eigenvalue weighted by Gasteiger charge is -2.17. The highest BCUT2D eigenvalue weighted by molar-refractivity contribution is 7.10. The lowest BCUT2D eigenvalue weighted by molar-refractivity contribution is -0.142. The Kier molecular flexibility index (Phi) is 4.77. The lowest BCUT2D eigenvalue weighted by Crippen LogP contribution is -2.37. The van der Waals surface area contributed by atoms with Gasteiger partial charge in [-0.25, -0.2) is 0 Å².